The number of ether oxygens (including phenoxy) is 2. The number of carbonyl (C=O) groups is 2. The SMILES string of the molecule is CC(C(=O)O)C(=O)O[C@@H]1[C@H]2O[Si](C(C)(C)C)(C(C)(C)C)O[C@@H]1[C@H]1CS[C@@H]2O1. The fraction of sp³-hybridized carbons (Fsp3) is 0.889. The zero-order valence-electron chi connectivity index (χ0n) is 17.0. The maximum absolute atomic E-state index is 12.3. The maximum Gasteiger partial charge on any atom is 0.350 e. The highest BCUT2D eigenvalue weighted by Gasteiger charge is 2.69. The molecule has 3 aliphatic rings. The van der Waals surface area contributed by atoms with E-state index in [9.17, 15) is 9.59 Å². The third kappa shape index (κ3) is 3.35. The molecule has 6 atom stereocenters. The molecule has 0 saturated carbocycles. The Bertz CT molecular complexity index is 590. The molecule has 3 aliphatic heterocycles. The van der Waals surface area contributed by atoms with Crippen molar-refractivity contribution in [1.29, 1.82) is 0 Å². The molecule has 0 amide bonds. The van der Waals surface area contributed by atoms with E-state index in [-0.39, 0.29) is 21.6 Å². The normalized spacial score (nSPS) is 36.2. The molecular formula is C18H30O7SSi. The molecule has 27 heavy (non-hydrogen) atoms. The minimum absolute atomic E-state index is 0.186. The molecule has 0 aromatic carbocycles. The summed E-state index contributed by atoms with van der Waals surface area (Å²) >= 11 is 1.64. The average molecular weight is 419 g/mol. The lowest BCUT2D eigenvalue weighted by molar-refractivity contribution is -0.232. The van der Waals surface area contributed by atoms with E-state index in [1.807, 2.05) is 0 Å². The van der Waals surface area contributed by atoms with Gasteiger partial charge in [0.25, 0.3) is 0 Å². The van der Waals surface area contributed by atoms with Crippen LogP contribution in [-0.2, 0) is 27.9 Å². The number of esters is 1. The van der Waals surface area contributed by atoms with E-state index in [0.29, 0.717) is 0 Å². The summed E-state index contributed by atoms with van der Waals surface area (Å²) in [4.78, 5) is 23.5. The highest BCUT2D eigenvalue weighted by atomic mass is 32.2. The Kier molecular flexibility index (Phi) is 5.26. The van der Waals surface area contributed by atoms with Gasteiger partial charge in [-0.25, -0.2) is 0 Å². The van der Waals surface area contributed by atoms with Crippen LogP contribution in [0.1, 0.15) is 48.5 Å². The van der Waals surface area contributed by atoms with Crippen LogP contribution in [0.4, 0.5) is 0 Å². The number of carboxylic acids is 1. The lowest BCUT2D eigenvalue weighted by Crippen LogP contribution is -2.73. The third-order valence-electron chi connectivity index (χ3n) is 5.57. The van der Waals surface area contributed by atoms with E-state index >= 15 is 0 Å². The van der Waals surface area contributed by atoms with Crippen molar-refractivity contribution in [2.24, 2.45) is 5.92 Å². The van der Waals surface area contributed by atoms with Gasteiger partial charge in [0.05, 0.1) is 6.10 Å². The Hall–Kier alpha value is -0.613. The van der Waals surface area contributed by atoms with Crippen molar-refractivity contribution >= 4 is 32.3 Å². The van der Waals surface area contributed by atoms with E-state index in [4.69, 9.17) is 23.4 Å². The second-order valence-electron chi connectivity index (χ2n) is 9.62. The predicted molar refractivity (Wildman–Crippen MR) is 103 cm³/mol. The lowest BCUT2D eigenvalue weighted by Gasteiger charge is -2.59. The number of hydrogen-bond acceptors (Lipinski definition) is 7. The standard InChI is InChI=1S/C18H30O7SSi/c1-9(14(19)20)15(21)23-12-11-10-8-26-16(22-10)13(12)25-27(24-11,17(2,3)4)18(5,6)7/h9-13,16H,8H2,1-7H3,(H,19,20)/t9?,10-,11-,12+,13-,16+/m1/s1. The van der Waals surface area contributed by atoms with Crippen molar-refractivity contribution in [1.82, 2.24) is 0 Å². The molecule has 7 nitrogen and oxygen atoms in total. The van der Waals surface area contributed by atoms with Crippen molar-refractivity contribution in [3.05, 3.63) is 0 Å². The van der Waals surface area contributed by atoms with Gasteiger partial charge in [0.2, 0.25) is 0 Å². The Balaban J connectivity index is 1.95. The molecule has 3 saturated heterocycles. The first-order valence-electron chi connectivity index (χ1n) is 9.34. The number of rotatable bonds is 3. The van der Waals surface area contributed by atoms with Gasteiger partial charge in [0, 0.05) is 15.8 Å². The summed E-state index contributed by atoms with van der Waals surface area (Å²) in [7, 11) is -2.77. The second kappa shape index (κ2) is 6.72. The summed E-state index contributed by atoms with van der Waals surface area (Å²) < 4.78 is 25.1. The summed E-state index contributed by atoms with van der Waals surface area (Å²) in [5.74, 6) is -2.45. The van der Waals surface area contributed by atoms with Gasteiger partial charge in [-0.1, -0.05) is 41.5 Å². The molecule has 9 heteroatoms. The summed E-state index contributed by atoms with van der Waals surface area (Å²) in [5.41, 5.74) is -0.232. The number of hydrogen-bond donors (Lipinski definition) is 1. The van der Waals surface area contributed by atoms with Crippen LogP contribution in [0.2, 0.25) is 10.1 Å². The highest BCUT2D eigenvalue weighted by Crippen LogP contribution is 2.58. The molecule has 1 N–H and O–H groups in total. The first kappa shape index (κ1) is 21.1. The van der Waals surface area contributed by atoms with Gasteiger partial charge < -0.3 is 23.4 Å². The van der Waals surface area contributed by atoms with E-state index in [1.165, 1.54) is 6.92 Å². The molecular weight excluding hydrogens is 388 g/mol. The van der Waals surface area contributed by atoms with Crippen molar-refractivity contribution in [2.45, 2.75) is 88.4 Å². The topological polar surface area (TPSA) is 91.3 Å². The van der Waals surface area contributed by atoms with Gasteiger partial charge in [-0.05, 0) is 6.92 Å². The molecule has 1 unspecified atom stereocenters. The molecule has 154 valence electrons. The van der Waals surface area contributed by atoms with Gasteiger partial charge in [-0.3, -0.25) is 9.59 Å². The first-order valence-corrected chi connectivity index (χ1v) is 12.2. The Labute approximate surface area is 165 Å². The molecule has 0 aromatic rings. The zero-order chi connectivity index (χ0) is 20.4. The highest BCUT2D eigenvalue weighted by molar-refractivity contribution is 8.00. The second-order valence-corrected chi connectivity index (χ2v) is 15.5. The van der Waals surface area contributed by atoms with Crippen LogP contribution in [0, 0.1) is 5.92 Å². The molecule has 3 fully saturated rings. The van der Waals surface area contributed by atoms with Crippen LogP contribution in [0.5, 0.6) is 0 Å². The molecule has 0 aliphatic carbocycles. The van der Waals surface area contributed by atoms with Crippen molar-refractivity contribution in [2.75, 3.05) is 5.75 Å². The number of thioether (sulfide) groups is 1. The summed E-state index contributed by atoms with van der Waals surface area (Å²) in [6.45, 7) is 14.1. The fourth-order valence-electron chi connectivity index (χ4n) is 4.32. The summed E-state index contributed by atoms with van der Waals surface area (Å²) in [5, 5.41) is 8.71. The van der Waals surface area contributed by atoms with E-state index in [0.717, 1.165) is 5.75 Å². The monoisotopic (exact) mass is 418 g/mol. The van der Waals surface area contributed by atoms with Crippen LogP contribution in [0.25, 0.3) is 0 Å². The number of aliphatic carboxylic acids is 1. The molecule has 0 spiro atoms. The molecule has 3 heterocycles. The fourth-order valence-corrected chi connectivity index (χ4v) is 10.7. The quantitative estimate of drug-likeness (QED) is 0.425. The van der Waals surface area contributed by atoms with Crippen LogP contribution in [0.3, 0.4) is 0 Å². The maximum atomic E-state index is 12.3. The number of carboxylic acid groups (broad SMARTS) is 1. The molecule has 0 radical (unpaired) electrons. The zero-order valence-corrected chi connectivity index (χ0v) is 18.8. The van der Waals surface area contributed by atoms with E-state index < -0.39 is 44.7 Å². The average Bonchev–Trinajstić information content (AvgIpc) is 2.97. The van der Waals surface area contributed by atoms with Gasteiger partial charge in [-0.15, -0.1) is 11.8 Å². The minimum atomic E-state index is -2.77. The van der Waals surface area contributed by atoms with Crippen LogP contribution >= 0.6 is 11.8 Å². The minimum Gasteiger partial charge on any atom is -0.481 e. The Morgan fingerprint density at radius 2 is 1.67 bits per heavy atom. The smallest absolute Gasteiger partial charge is 0.350 e. The van der Waals surface area contributed by atoms with Gasteiger partial charge in [0.1, 0.15) is 17.6 Å². The number of fused-ring (bicyclic) bond motifs is 6. The van der Waals surface area contributed by atoms with E-state index in [2.05, 4.69) is 41.5 Å². The van der Waals surface area contributed by atoms with Crippen LogP contribution < -0.4 is 0 Å². The summed E-state index contributed by atoms with van der Waals surface area (Å²) in [6.07, 6.45) is -1.73. The Morgan fingerprint density at radius 3 is 2.19 bits per heavy atom. The van der Waals surface area contributed by atoms with Gasteiger partial charge in [-0.2, -0.15) is 0 Å². The lowest BCUT2D eigenvalue weighted by atomic mass is 10.0. The summed E-state index contributed by atoms with van der Waals surface area (Å²) in [6, 6.07) is 0. The van der Waals surface area contributed by atoms with Crippen LogP contribution in [0.15, 0.2) is 0 Å². The van der Waals surface area contributed by atoms with E-state index in [1.54, 1.807) is 11.8 Å². The predicted octanol–water partition coefficient (Wildman–Crippen LogP) is 2.92. The van der Waals surface area contributed by atoms with Crippen molar-refractivity contribution in [3.63, 3.8) is 0 Å². The number of carbonyl (C=O) groups excluding carboxylic acids is 1. The largest absolute Gasteiger partial charge is 0.481 e. The molecule has 0 aromatic heterocycles. The van der Waals surface area contributed by atoms with Gasteiger partial charge in [0.15, 0.2) is 12.0 Å². The van der Waals surface area contributed by atoms with Gasteiger partial charge >= 0.3 is 20.5 Å². The van der Waals surface area contributed by atoms with Crippen molar-refractivity contribution in [3.8, 4) is 0 Å². The van der Waals surface area contributed by atoms with Crippen molar-refractivity contribution < 1.29 is 33.0 Å². The molecule has 4 bridgehead atoms. The first-order chi connectivity index (χ1) is 12.3. The van der Waals surface area contributed by atoms with Crippen LogP contribution in [-0.4, -0.2) is 61.2 Å². The molecule has 3 rings (SSSR count). The third-order valence-corrected chi connectivity index (χ3v) is 12.0. The Morgan fingerprint density at radius 1 is 1.11 bits per heavy atom.